The molecule has 456 valence electrons. The highest BCUT2D eigenvalue weighted by Crippen LogP contribution is 2.38. The number of carbonyl (C=O) groups excluding carboxylic acids is 1. The Hall–Kier alpha value is -7.56. The fourth-order valence-electron chi connectivity index (χ4n) is 10.4. The van der Waals surface area contributed by atoms with Crippen LogP contribution in [0.1, 0.15) is 85.6 Å². The summed E-state index contributed by atoms with van der Waals surface area (Å²) in [5.41, 5.74) is 8.56. The van der Waals surface area contributed by atoms with Crippen LogP contribution in [-0.4, -0.2) is 160 Å². The second-order valence-electron chi connectivity index (χ2n) is 21.8. The van der Waals surface area contributed by atoms with Crippen molar-refractivity contribution in [2.45, 2.75) is 125 Å². The first-order valence-corrected chi connectivity index (χ1v) is 29.6. The first kappa shape index (κ1) is 63.5. The number of likely N-dealkylation sites (tertiary alicyclic amines) is 2. The highest BCUT2D eigenvalue weighted by atomic mass is 19.1. The van der Waals surface area contributed by atoms with Gasteiger partial charge in [0.1, 0.15) is 67.0 Å². The van der Waals surface area contributed by atoms with Gasteiger partial charge < -0.3 is 59.1 Å². The first-order valence-electron chi connectivity index (χ1n) is 29.6. The lowest BCUT2D eigenvalue weighted by Gasteiger charge is -2.35. The van der Waals surface area contributed by atoms with Crippen molar-refractivity contribution >= 4 is 11.9 Å². The molecule has 2 saturated heterocycles. The monoisotopic (exact) mass is 1170 g/mol. The summed E-state index contributed by atoms with van der Waals surface area (Å²) in [6, 6.07) is 24.8. The van der Waals surface area contributed by atoms with E-state index in [0.29, 0.717) is 103 Å². The van der Waals surface area contributed by atoms with Gasteiger partial charge in [0.25, 0.3) is 0 Å². The van der Waals surface area contributed by atoms with E-state index in [4.69, 9.17) is 47.9 Å². The Labute approximate surface area is 498 Å². The number of aryl methyl sites for hydroxylation is 4. The van der Waals surface area contributed by atoms with Gasteiger partial charge in [-0.15, -0.1) is 0 Å². The predicted molar refractivity (Wildman–Crippen MR) is 324 cm³/mol. The zero-order valence-corrected chi connectivity index (χ0v) is 50.8. The molecule has 1 aliphatic carbocycles. The summed E-state index contributed by atoms with van der Waals surface area (Å²) >= 11 is 0. The minimum Gasteiger partial charge on any atom is -0.491 e. The summed E-state index contributed by atoms with van der Waals surface area (Å²) in [5.74, 6) is 4.83. The molecule has 3 aliphatic rings. The number of rotatable bonds is 22. The standard InChI is InChI=1S/C34H41N5O6.C28H37FN6O3.C2H6/c1-22-31(30-23(2)38-45-24(30)3)36-32(27-11-8-12-29(17-27)42-21-28(40)18-35-4)37-33(22)43-19-26-13-15-39(16-14-26)34(41)44-20-25-9-6-5-7-10-25;1-16-26(25-17(2)34-38-18(25)3)32-28(19-6-5-7-22(12-19)37-15-21(36)13-30-4)33-27(16)31-24-10-11-35(14-23(24)29)20-8-9-20;1-2/h5-12,17,26,28,35,40H,13-16,18-21H2,1-4H3;5-7,12,20-21,23-24,30,36H,8-11,13-15H2,1-4H3,(H,31,32,33);1-2H3. The van der Waals surface area contributed by atoms with Crippen LogP contribution in [0, 0.1) is 47.5 Å². The third kappa shape index (κ3) is 16.9. The van der Waals surface area contributed by atoms with Crippen LogP contribution < -0.4 is 30.2 Å². The number of amides is 1. The summed E-state index contributed by atoms with van der Waals surface area (Å²) in [7, 11) is 3.56. The summed E-state index contributed by atoms with van der Waals surface area (Å²) in [6.07, 6.45) is 2.14. The highest BCUT2D eigenvalue weighted by Gasteiger charge is 2.37. The van der Waals surface area contributed by atoms with Crippen molar-refractivity contribution in [3.8, 4) is 62.7 Å². The van der Waals surface area contributed by atoms with Gasteiger partial charge in [-0.05, 0) is 123 Å². The fourth-order valence-corrected chi connectivity index (χ4v) is 10.4. The van der Waals surface area contributed by atoms with Crippen LogP contribution in [-0.2, 0) is 11.3 Å². The second kappa shape index (κ2) is 30.5. The van der Waals surface area contributed by atoms with Gasteiger partial charge in [0.05, 0.1) is 46.6 Å². The Morgan fingerprint density at radius 2 is 1.24 bits per heavy atom. The van der Waals surface area contributed by atoms with Crippen molar-refractivity contribution in [1.82, 2.24) is 50.7 Å². The van der Waals surface area contributed by atoms with Gasteiger partial charge in [0, 0.05) is 67.6 Å². The summed E-state index contributed by atoms with van der Waals surface area (Å²) in [6.45, 7) is 19.8. The van der Waals surface area contributed by atoms with E-state index in [2.05, 4.69) is 31.2 Å². The number of benzene rings is 3. The number of nitrogens with zero attached hydrogens (tertiary/aromatic N) is 8. The molecular weight excluding hydrogens is 1090 g/mol. The molecule has 1 saturated carbocycles. The number of nitrogens with one attached hydrogen (secondary N) is 3. The van der Waals surface area contributed by atoms with Crippen LogP contribution in [0.15, 0.2) is 87.9 Å². The van der Waals surface area contributed by atoms with E-state index in [1.165, 1.54) is 12.8 Å². The molecule has 6 heterocycles. The number of aromatic nitrogens is 6. The lowest BCUT2D eigenvalue weighted by atomic mass is 9.98. The number of aliphatic hydroxyl groups is 2. The third-order valence-corrected chi connectivity index (χ3v) is 15.2. The number of hydrogen-bond donors (Lipinski definition) is 5. The number of aliphatic hydroxyl groups excluding tert-OH is 2. The van der Waals surface area contributed by atoms with E-state index in [1.54, 1.807) is 19.0 Å². The molecule has 4 unspecified atom stereocenters. The number of halogens is 1. The van der Waals surface area contributed by atoms with Gasteiger partial charge in [-0.2, -0.15) is 4.98 Å². The highest BCUT2D eigenvalue weighted by molar-refractivity contribution is 5.75. The molecule has 3 fully saturated rings. The largest absolute Gasteiger partial charge is 0.491 e. The summed E-state index contributed by atoms with van der Waals surface area (Å²) in [4.78, 5) is 36.2. The summed E-state index contributed by atoms with van der Waals surface area (Å²) in [5, 5.41) is 37.6. The Kier molecular flexibility index (Phi) is 22.8. The van der Waals surface area contributed by atoms with Crippen LogP contribution in [0.4, 0.5) is 15.0 Å². The number of ether oxygens (including phenoxy) is 4. The molecule has 0 bridgehead atoms. The van der Waals surface area contributed by atoms with Gasteiger partial charge in [-0.25, -0.2) is 24.1 Å². The van der Waals surface area contributed by atoms with Crippen LogP contribution in [0.2, 0.25) is 0 Å². The average molecular weight is 1170 g/mol. The molecular formula is C64H84FN11O9. The Balaban J connectivity index is 0.000000218. The van der Waals surface area contributed by atoms with E-state index < -0.39 is 18.4 Å². The third-order valence-electron chi connectivity index (χ3n) is 15.2. The van der Waals surface area contributed by atoms with Crippen molar-refractivity contribution in [1.29, 1.82) is 0 Å². The molecule has 4 atom stereocenters. The molecule has 21 heteroatoms. The Morgan fingerprint density at radius 3 is 1.75 bits per heavy atom. The lowest BCUT2D eigenvalue weighted by molar-refractivity contribution is 0.0757. The van der Waals surface area contributed by atoms with E-state index in [0.717, 1.165) is 76.1 Å². The molecule has 10 rings (SSSR count). The lowest BCUT2D eigenvalue weighted by Crippen LogP contribution is -2.48. The molecule has 1 amide bonds. The van der Waals surface area contributed by atoms with E-state index in [1.807, 2.05) is 134 Å². The maximum absolute atomic E-state index is 15.3. The molecule has 20 nitrogen and oxygen atoms in total. The number of alkyl halides is 1. The molecule has 5 N–H and O–H groups in total. The molecule has 0 radical (unpaired) electrons. The zero-order chi connectivity index (χ0) is 60.6. The van der Waals surface area contributed by atoms with Crippen molar-refractivity contribution in [3.63, 3.8) is 0 Å². The number of anilines is 1. The van der Waals surface area contributed by atoms with E-state index in [-0.39, 0.29) is 37.9 Å². The Morgan fingerprint density at radius 1 is 0.682 bits per heavy atom. The van der Waals surface area contributed by atoms with Gasteiger partial charge in [0.2, 0.25) is 5.88 Å². The fraction of sp³-hybridized carbons (Fsp3) is 0.484. The molecule has 3 aromatic carbocycles. The average Bonchev–Trinajstić information content (AvgIpc) is 3.65. The molecule has 4 aromatic heterocycles. The second-order valence-corrected chi connectivity index (χ2v) is 21.8. The topological polar surface area (TPSA) is 241 Å². The predicted octanol–water partition coefficient (Wildman–Crippen LogP) is 9.81. The minimum absolute atomic E-state index is 0.154. The normalized spacial score (nSPS) is 17.0. The molecule has 0 spiro atoms. The van der Waals surface area contributed by atoms with E-state index in [9.17, 15) is 15.0 Å². The van der Waals surface area contributed by atoms with Crippen LogP contribution in [0.3, 0.4) is 0 Å². The van der Waals surface area contributed by atoms with Gasteiger partial charge in [-0.1, -0.05) is 78.8 Å². The molecule has 85 heavy (non-hydrogen) atoms. The SMILES string of the molecule is CC.CNCC(O)COc1cccc(-c2nc(NC3CCN(C4CC4)CC3F)c(C)c(-c3c(C)noc3C)n2)c1.CNCC(O)COc1cccc(-c2nc(OCC3CCN(C(=O)OCc4ccccc4)CC3)c(C)c(-c3c(C)noc3C)n2)c1. The molecule has 2 aliphatic heterocycles. The van der Waals surface area contributed by atoms with Crippen LogP contribution in [0.25, 0.3) is 45.3 Å². The number of carbonyl (C=O) groups is 1. The smallest absolute Gasteiger partial charge is 0.410 e. The maximum Gasteiger partial charge on any atom is 0.410 e. The Bertz CT molecular complexity index is 3220. The quantitative estimate of drug-likeness (QED) is 0.0424. The first-order chi connectivity index (χ1) is 41.2. The van der Waals surface area contributed by atoms with Gasteiger partial charge in [-0.3, -0.25) is 4.90 Å². The minimum atomic E-state index is -0.981. The van der Waals surface area contributed by atoms with Gasteiger partial charge >= 0.3 is 6.09 Å². The van der Waals surface area contributed by atoms with E-state index >= 15 is 4.39 Å². The van der Waals surface area contributed by atoms with Crippen molar-refractivity contribution < 1.29 is 47.4 Å². The van der Waals surface area contributed by atoms with Crippen molar-refractivity contribution in [3.05, 3.63) is 118 Å². The van der Waals surface area contributed by atoms with Crippen LogP contribution >= 0.6 is 0 Å². The number of likely N-dealkylation sites (N-methyl/N-ethyl adjacent to an activating group) is 2. The summed E-state index contributed by atoms with van der Waals surface area (Å²) < 4.78 is 49.7. The van der Waals surface area contributed by atoms with Crippen molar-refractivity contribution in [2.75, 3.05) is 78.5 Å². The number of piperidine rings is 2. The molecule has 7 aromatic rings. The van der Waals surface area contributed by atoms with Gasteiger partial charge in [0.15, 0.2) is 11.6 Å². The maximum atomic E-state index is 15.3. The van der Waals surface area contributed by atoms with Crippen LogP contribution in [0.5, 0.6) is 17.4 Å². The van der Waals surface area contributed by atoms with Crippen molar-refractivity contribution in [2.24, 2.45) is 5.92 Å². The number of hydrogen-bond acceptors (Lipinski definition) is 19. The zero-order valence-electron chi connectivity index (χ0n) is 50.8.